The number of hydrogen-bond donors (Lipinski definition) is 0. The predicted molar refractivity (Wildman–Crippen MR) is 74.8 cm³/mol. The molecule has 3 nitrogen and oxygen atoms in total. The molecule has 0 amide bonds. The zero-order valence-corrected chi connectivity index (χ0v) is 13.5. The summed E-state index contributed by atoms with van der Waals surface area (Å²) in [5.41, 5.74) is 0. The van der Waals surface area contributed by atoms with Gasteiger partial charge in [-0.3, -0.25) is 0 Å². The maximum atomic E-state index is 5.65. The monoisotopic (exact) mass is 262 g/mol. The van der Waals surface area contributed by atoms with Gasteiger partial charge in [0.2, 0.25) is 0 Å². The molecule has 0 radical (unpaired) electrons. The lowest BCUT2D eigenvalue weighted by molar-refractivity contribution is -0.243. The lowest BCUT2D eigenvalue weighted by Crippen LogP contribution is -2.22. The van der Waals surface area contributed by atoms with Gasteiger partial charge in [0.05, 0.1) is 0 Å². The normalized spacial score (nSPS) is 12.4. The van der Waals surface area contributed by atoms with Crippen LogP contribution in [0.1, 0.15) is 53.4 Å². The zero-order chi connectivity index (χ0) is 12.9. The molecule has 0 aromatic carbocycles. The number of hydrogen-bond acceptors (Lipinski definition) is 3. The van der Waals surface area contributed by atoms with Gasteiger partial charge in [-0.25, -0.2) is 0 Å². The van der Waals surface area contributed by atoms with Gasteiger partial charge in [0, 0.05) is 13.2 Å². The fraction of sp³-hybridized carbons (Fsp3) is 1.00. The summed E-state index contributed by atoms with van der Waals surface area (Å²) in [7, 11) is -0.474. The van der Waals surface area contributed by atoms with Gasteiger partial charge in [-0.05, 0) is 25.8 Å². The van der Waals surface area contributed by atoms with E-state index in [2.05, 4.69) is 13.8 Å². The Labute approximate surface area is 109 Å². The summed E-state index contributed by atoms with van der Waals surface area (Å²) in [5.74, 6) is 0.837. The molecule has 4 heteroatoms. The lowest BCUT2D eigenvalue weighted by Gasteiger charge is -2.17. The number of rotatable bonds is 12. The van der Waals surface area contributed by atoms with Crippen molar-refractivity contribution in [3.05, 3.63) is 0 Å². The van der Waals surface area contributed by atoms with Crippen LogP contribution in [0, 0.1) is 5.92 Å². The molecule has 0 rings (SSSR count). The molecule has 0 aromatic rings. The molecule has 0 aliphatic rings. The minimum atomic E-state index is -0.474. The van der Waals surface area contributed by atoms with Crippen molar-refractivity contribution < 1.29 is 13.9 Å². The summed E-state index contributed by atoms with van der Waals surface area (Å²) in [6.07, 6.45) is 5.34. The van der Waals surface area contributed by atoms with Gasteiger partial charge in [-0.2, -0.15) is 0 Å². The highest BCUT2D eigenvalue weighted by atomic mass is 28.2. The summed E-state index contributed by atoms with van der Waals surface area (Å²) in [4.78, 5) is 0. The van der Waals surface area contributed by atoms with E-state index in [1.165, 1.54) is 31.7 Å². The van der Waals surface area contributed by atoms with Crippen LogP contribution in [0.5, 0.6) is 0 Å². The Kier molecular flexibility index (Phi) is 12.6. The molecule has 0 saturated heterocycles. The highest BCUT2D eigenvalue weighted by molar-refractivity contribution is 6.27. The average Bonchev–Trinajstić information content (AvgIpc) is 2.28. The molecule has 0 saturated carbocycles. The Bertz CT molecular complexity index is 148. The summed E-state index contributed by atoms with van der Waals surface area (Å²) in [5, 5.41) is 0. The molecule has 17 heavy (non-hydrogen) atoms. The van der Waals surface area contributed by atoms with Crippen molar-refractivity contribution in [3.63, 3.8) is 0 Å². The number of ether oxygens (including phenoxy) is 2. The maximum absolute atomic E-state index is 5.65. The van der Waals surface area contributed by atoms with Crippen molar-refractivity contribution in [3.8, 4) is 0 Å². The van der Waals surface area contributed by atoms with E-state index < -0.39 is 16.2 Å². The molecule has 0 spiro atoms. The molecule has 104 valence electrons. The Morgan fingerprint density at radius 2 is 1.59 bits per heavy atom. The first kappa shape index (κ1) is 17.1. The van der Waals surface area contributed by atoms with Gasteiger partial charge in [-0.15, -0.1) is 0 Å². The minimum absolute atomic E-state index is 0.410. The van der Waals surface area contributed by atoms with Crippen LogP contribution in [-0.2, 0) is 13.9 Å². The fourth-order valence-corrected chi connectivity index (χ4v) is 2.71. The Morgan fingerprint density at radius 3 is 2.12 bits per heavy atom. The summed E-state index contributed by atoms with van der Waals surface area (Å²) in [6.45, 7) is 9.37. The van der Waals surface area contributed by atoms with Crippen molar-refractivity contribution in [1.29, 1.82) is 0 Å². The summed E-state index contributed by atoms with van der Waals surface area (Å²) in [6, 6.07) is 1.23. The van der Waals surface area contributed by atoms with Crippen LogP contribution in [0.15, 0.2) is 0 Å². The van der Waals surface area contributed by atoms with Crippen LogP contribution in [0.25, 0.3) is 0 Å². The second-order valence-corrected chi connectivity index (χ2v) is 6.12. The van der Waals surface area contributed by atoms with E-state index in [9.17, 15) is 0 Å². The standard InChI is InChI=1S/C13H30O3Si/c1-5-14-13(15-6-2)16-17-11-9-7-8-10-12(3)4/h12-13H,5-11,17H2,1-4H3. The van der Waals surface area contributed by atoms with Crippen LogP contribution in [-0.4, -0.2) is 29.5 Å². The highest BCUT2D eigenvalue weighted by Crippen LogP contribution is 2.09. The van der Waals surface area contributed by atoms with E-state index in [0.29, 0.717) is 13.2 Å². The second kappa shape index (κ2) is 12.6. The molecule has 0 aromatic heterocycles. The first-order chi connectivity index (χ1) is 8.20. The molecule has 0 aliphatic heterocycles. The third kappa shape index (κ3) is 12.3. The first-order valence-corrected chi connectivity index (χ1v) is 8.63. The molecular weight excluding hydrogens is 232 g/mol. The van der Waals surface area contributed by atoms with Crippen molar-refractivity contribution in [2.75, 3.05) is 13.2 Å². The molecule has 0 bridgehead atoms. The molecule has 0 N–H and O–H groups in total. The van der Waals surface area contributed by atoms with Crippen LogP contribution in [0.2, 0.25) is 6.04 Å². The van der Waals surface area contributed by atoms with E-state index in [1.54, 1.807) is 0 Å². The quantitative estimate of drug-likeness (QED) is 0.307. The summed E-state index contributed by atoms with van der Waals surface area (Å²) < 4.78 is 16.3. The molecule has 0 unspecified atom stereocenters. The third-order valence-electron chi connectivity index (χ3n) is 2.54. The Hall–Kier alpha value is 0.0969. The average molecular weight is 262 g/mol. The van der Waals surface area contributed by atoms with Gasteiger partial charge in [0.15, 0.2) is 9.76 Å². The third-order valence-corrected chi connectivity index (χ3v) is 3.83. The van der Waals surface area contributed by atoms with Crippen molar-refractivity contribution in [2.24, 2.45) is 5.92 Å². The maximum Gasteiger partial charge on any atom is 0.261 e. The van der Waals surface area contributed by atoms with E-state index in [4.69, 9.17) is 13.9 Å². The van der Waals surface area contributed by atoms with Crippen LogP contribution < -0.4 is 0 Å². The minimum Gasteiger partial charge on any atom is -0.379 e. The molecule has 0 aliphatic carbocycles. The summed E-state index contributed by atoms with van der Waals surface area (Å²) >= 11 is 0. The largest absolute Gasteiger partial charge is 0.379 e. The zero-order valence-electron chi connectivity index (χ0n) is 12.0. The molecule has 0 fully saturated rings. The van der Waals surface area contributed by atoms with Crippen LogP contribution >= 0.6 is 0 Å². The van der Waals surface area contributed by atoms with E-state index in [1.807, 2.05) is 13.8 Å². The molecule has 0 heterocycles. The van der Waals surface area contributed by atoms with Gasteiger partial charge in [-0.1, -0.05) is 39.5 Å². The number of unbranched alkanes of at least 4 members (excludes halogenated alkanes) is 2. The van der Waals surface area contributed by atoms with Crippen molar-refractivity contribution in [2.45, 2.75) is 65.9 Å². The smallest absolute Gasteiger partial charge is 0.261 e. The van der Waals surface area contributed by atoms with Gasteiger partial charge in [0.25, 0.3) is 6.48 Å². The topological polar surface area (TPSA) is 27.7 Å². The fourth-order valence-electron chi connectivity index (χ4n) is 1.60. The lowest BCUT2D eigenvalue weighted by atomic mass is 10.1. The van der Waals surface area contributed by atoms with E-state index in [-0.39, 0.29) is 0 Å². The van der Waals surface area contributed by atoms with Gasteiger partial charge >= 0.3 is 0 Å². The highest BCUT2D eigenvalue weighted by Gasteiger charge is 2.06. The van der Waals surface area contributed by atoms with Crippen LogP contribution in [0.4, 0.5) is 0 Å². The van der Waals surface area contributed by atoms with Crippen LogP contribution in [0.3, 0.4) is 0 Å². The first-order valence-electron chi connectivity index (χ1n) is 7.05. The SMILES string of the molecule is CCOC(OCC)O[SiH2]CCCCCC(C)C. The predicted octanol–water partition coefficient (Wildman–Crippen LogP) is 3.08. The molecular formula is C13H30O3Si. The van der Waals surface area contributed by atoms with Crippen molar-refractivity contribution in [1.82, 2.24) is 0 Å². The Morgan fingerprint density at radius 1 is 0.941 bits per heavy atom. The molecule has 0 atom stereocenters. The Balaban J connectivity index is 3.29. The van der Waals surface area contributed by atoms with Crippen molar-refractivity contribution >= 4 is 9.76 Å². The van der Waals surface area contributed by atoms with Gasteiger partial charge < -0.3 is 13.9 Å². The van der Waals surface area contributed by atoms with E-state index in [0.717, 1.165) is 5.92 Å². The van der Waals surface area contributed by atoms with E-state index >= 15 is 0 Å². The second-order valence-electron chi connectivity index (χ2n) is 4.67. The van der Waals surface area contributed by atoms with Gasteiger partial charge in [0.1, 0.15) is 0 Å².